The lowest BCUT2D eigenvalue weighted by Gasteiger charge is -2.14. The predicted octanol–water partition coefficient (Wildman–Crippen LogP) is 2.68. The summed E-state index contributed by atoms with van der Waals surface area (Å²) in [5.41, 5.74) is 2.68. The van der Waals surface area contributed by atoms with Crippen LogP contribution < -0.4 is 5.32 Å². The minimum absolute atomic E-state index is 0.278. The molecule has 2 aromatic carbocycles. The van der Waals surface area contributed by atoms with Gasteiger partial charge in [0, 0.05) is 5.02 Å². The van der Waals surface area contributed by atoms with Gasteiger partial charge in [0.25, 0.3) is 5.91 Å². The Morgan fingerprint density at radius 1 is 1.27 bits per heavy atom. The largest absolute Gasteiger partial charge is 0.342 e. The lowest BCUT2D eigenvalue weighted by atomic mass is 10.1. The van der Waals surface area contributed by atoms with Crippen LogP contribution in [0, 0.1) is 0 Å². The molecular formula is C17H14ClN7O. The number of halogens is 1. The molecule has 4 aromatic rings. The van der Waals surface area contributed by atoms with Crippen LogP contribution in [0.2, 0.25) is 5.02 Å². The third kappa shape index (κ3) is 3.02. The molecule has 0 radical (unpaired) electrons. The van der Waals surface area contributed by atoms with Gasteiger partial charge in [0.15, 0.2) is 0 Å². The van der Waals surface area contributed by atoms with Crippen molar-refractivity contribution in [2.45, 2.75) is 13.0 Å². The molecule has 130 valence electrons. The number of para-hydroxylation sites is 2. The highest BCUT2D eigenvalue weighted by Gasteiger charge is 2.19. The Bertz CT molecular complexity index is 1040. The van der Waals surface area contributed by atoms with Gasteiger partial charge in [-0.2, -0.15) is 4.68 Å². The Hall–Kier alpha value is -3.26. The van der Waals surface area contributed by atoms with E-state index in [0.29, 0.717) is 22.1 Å². The summed E-state index contributed by atoms with van der Waals surface area (Å²) in [6, 6.07) is 12.3. The summed E-state index contributed by atoms with van der Waals surface area (Å²) in [4.78, 5) is 20.5. The number of amides is 1. The fraction of sp³-hybridized carbons (Fsp3) is 0.118. The van der Waals surface area contributed by atoms with E-state index in [2.05, 4.69) is 30.8 Å². The van der Waals surface area contributed by atoms with Crippen molar-refractivity contribution >= 4 is 28.5 Å². The van der Waals surface area contributed by atoms with Gasteiger partial charge in [0.1, 0.15) is 12.2 Å². The molecule has 1 atom stereocenters. The highest BCUT2D eigenvalue weighted by molar-refractivity contribution is 6.31. The molecule has 8 nitrogen and oxygen atoms in total. The van der Waals surface area contributed by atoms with Crippen LogP contribution in [-0.4, -0.2) is 36.1 Å². The zero-order valence-corrected chi connectivity index (χ0v) is 14.5. The molecule has 2 heterocycles. The number of hydrogen-bond donors (Lipinski definition) is 2. The van der Waals surface area contributed by atoms with E-state index < -0.39 is 0 Å². The quantitative estimate of drug-likeness (QED) is 0.577. The van der Waals surface area contributed by atoms with Crippen molar-refractivity contribution in [3.05, 3.63) is 65.2 Å². The Labute approximate surface area is 153 Å². The van der Waals surface area contributed by atoms with Crippen LogP contribution in [0.5, 0.6) is 0 Å². The lowest BCUT2D eigenvalue weighted by Crippen LogP contribution is -2.28. The van der Waals surface area contributed by atoms with Crippen LogP contribution in [0.25, 0.3) is 16.7 Å². The SMILES string of the molecule is C[C@H](NC(=O)c1ccc(Cl)cc1-n1cnnn1)c1nc2ccccc2[nH]1. The zero-order valence-electron chi connectivity index (χ0n) is 13.7. The summed E-state index contributed by atoms with van der Waals surface area (Å²) < 4.78 is 1.40. The topological polar surface area (TPSA) is 101 Å². The van der Waals surface area contributed by atoms with Gasteiger partial charge in [0.2, 0.25) is 0 Å². The van der Waals surface area contributed by atoms with Crippen LogP contribution in [0.4, 0.5) is 0 Å². The molecule has 26 heavy (non-hydrogen) atoms. The molecule has 0 aliphatic rings. The van der Waals surface area contributed by atoms with Crippen LogP contribution in [0.3, 0.4) is 0 Å². The van der Waals surface area contributed by atoms with Gasteiger partial charge < -0.3 is 10.3 Å². The molecule has 0 aliphatic heterocycles. The average Bonchev–Trinajstić information content (AvgIpc) is 3.31. The standard InChI is InChI=1S/C17H14ClN7O/c1-10(16-21-13-4-2-3-5-14(13)22-16)20-17(26)12-7-6-11(18)8-15(12)25-9-19-23-24-25/h2-10H,1H3,(H,20,26)(H,21,22)/t10-/m0/s1. The predicted molar refractivity (Wildman–Crippen MR) is 96.1 cm³/mol. The van der Waals surface area contributed by atoms with E-state index in [1.165, 1.54) is 11.0 Å². The molecule has 2 N–H and O–H groups in total. The van der Waals surface area contributed by atoms with Crippen LogP contribution in [-0.2, 0) is 0 Å². The van der Waals surface area contributed by atoms with Crippen molar-refractivity contribution in [2.75, 3.05) is 0 Å². The van der Waals surface area contributed by atoms with E-state index in [1.54, 1.807) is 18.2 Å². The van der Waals surface area contributed by atoms with Crippen molar-refractivity contribution < 1.29 is 4.79 Å². The monoisotopic (exact) mass is 367 g/mol. The number of H-pyrrole nitrogens is 1. The fourth-order valence-electron chi connectivity index (χ4n) is 2.68. The molecule has 2 aromatic heterocycles. The first-order chi connectivity index (χ1) is 12.6. The van der Waals surface area contributed by atoms with Crippen molar-refractivity contribution in [1.82, 2.24) is 35.5 Å². The molecule has 0 spiro atoms. The number of carbonyl (C=O) groups is 1. The van der Waals surface area contributed by atoms with E-state index in [-0.39, 0.29) is 11.9 Å². The molecule has 0 saturated heterocycles. The second-order valence-corrected chi connectivity index (χ2v) is 6.19. The molecule has 0 fully saturated rings. The maximum absolute atomic E-state index is 12.8. The van der Waals surface area contributed by atoms with Gasteiger partial charge in [0.05, 0.1) is 28.3 Å². The molecule has 1 amide bonds. The summed E-state index contributed by atoms with van der Waals surface area (Å²) in [7, 11) is 0. The average molecular weight is 368 g/mol. The van der Waals surface area contributed by atoms with Gasteiger partial charge in [-0.3, -0.25) is 4.79 Å². The van der Waals surface area contributed by atoms with E-state index in [4.69, 9.17) is 11.6 Å². The number of rotatable bonds is 4. The number of tetrazole rings is 1. The molecule has 0 saturated carbocycles. The lowest BCUT2D eigenvalue weighted by molar-refractivity contribution is 0.0938. The molecule has 9 heteroatoms. The van der Waals surface area contributed by atoms with Gasteiger partial charge in [-0.1, -0.05) is 23.7 Å². The summed E-state index contributed by atoms with van der Waals surface area (Å²) in [6.07, 6.45) is 1.41. The Kier molecular flexibility index (Phi) is 4.10. The Balaban J connectivity index is 1.62. The summed E-state index contributed by atoms with van der Waals surface area (Å²) in [6.45, 7) is 1.86. The van der Waals surface area contributed by atoms with E-state index in [0.717, 1.165) is 11.0 Å². The third-order valence-electron chi connectivity index (χ3n) is 3.97. The minimum Gasteiger partial charge on any atom is -0.342 e. The third-order valence-corrected chi connectivity index (χ3v) is 4.20. The number of fused-ring (bicyclic) bond motifs is 1. The summed E-state index contributed by atoms with van der Waals surface area (Å²) >= 11 is 6.06. The number of aromatic nitrogens is 6. The smallest absolute Gasteiger partial charge is 0.254 e. The summed E-state index contributed by atoms with van der Waals surface area (Å²) in [5, 5.41) is 14.5. The molecule has 0 unspecified atom stereocenters. The van der Waals surface area contributed by atoms with E-state index in [1.807, 2.05) is 31.2 Å². The number of nitrogens with one attached hydrogen (secondary N) is 2. The molecule has 0 aliphatic carbocycles. The number of imidazole rings is 1. The highest BCUT2D eigenvalue weighted by atomic mass is 35.5. The first-order valence-corrected chi connectivity index (χ1v) is 8.28. The molecule has 4 rings (SSSR count). The number of hydrogen-bond acceptors (Lipinski definition) is 5. The number of nitrogens with zero attached hydrogens (tertiary/aromatic N) is 5. The number of carbonyl (C=O) groups excluding carboxylic acids is 1. The summed E-state index contributed by atoms with van der Waals surface area (Å²) in [5.74, 6) is 0.401. The van der Waals surface area contributed by atoms with Gasteiger partial charge >= 0.3 is 0 Å². The van der Waals surface area contributed by atoms with Crippen molar-refractivity contribution in [3.63, 3.8) is 0 Å². The Morgan fingerprint density at radius 2 is 2.12 bits per heavy atom. The second-order valence-electron chi connectivity index (χ2n) is 5.75. The number of benzene rings is 2. The fourth-order valence-corrected chi connectivity index (χ4v) is 2.84. The second kappa shape index (κ2) is 6.57. The first-order valence-electron chi connectivity index (χ1n) is 7.90. The van der Waals surface area contributed by atoms with Gasteiger partial charge in [-0.15, -0.1) is 5.10 Å². The highest BCUT2D eigenvalue weighted by Crippen LogP contribution is 2.21. The zero-order chi connectivity index (χ0) is 18.1. The van der Waals surface area contributed by atoms with Crippen LogP contribution >= 0.6 is 11.6 Å². The maximum Gasteiger partial charge on any atom is 0.254 e. The van der Waals surface area contributed by atoms with E-state index >= 15 is 0 Å². The van der Waals surface area contributed by atoms with Crippen LogP contribution in [0.15, 0.2) is 48.8 Å². The normalized spacial score (nSPS) is 12.2. The number of aromatic amines is 1. The van der Waals surface area contributed by atoms with Gasteiger partial charge in [-0.05, 0) is 47.7 Å². The Morgan fingerprint density at radius 3 is 2.88 bits per heavy atom. The van der Waals surface area contributed by atoms with E-state index in [9.17, 15) is 4.79 Å². The van der Waals surface area contributed by atoms with Crippen LogP contribution in [0.1, 0.15) is 29.1 Å². The minimum atomic E-state index is -0.313. The van der Waals surface area contributed by atoms with Crippen molar-refractivity contribution in [1.29, 1.82) is 0 Å². The van der Waals surface area contributed by atoms with Crippen molar-refractivity contribution in [3.8, 4) is 5.69 Å². The van der Waals surface area contributed by atoms with Crippen molar-refractivity contribution in [2.24, 2.45) is 0 Å². The van der Waals surface area contributed by atoms with Gasteiger partial charge in [-0.25, -0.2) is 4.98 Å². The molecule has 0 bridgehead atoms. The first kappa shape index (κ1) is 16.2. The molecular weight excluding hydrogens is 354 g/mol. The maximum atomic E-state index is 12.8.